The molecule has 0 bridgehead atoms. The molecule has 6 nitrogen and oxygen atoms in total. The number of hydrogen-bond donors (Lipinski definition) is 0. The van der Waals surface area contributed by atoms with Crippen LogP contribution in [-0.4, -0.2) is 30.6 Å². The van der Waals surface area contributed by atoms with E-state index < -0.39 is 4.92 Å². The summed E-state index contributed by atoms with van der Waals surface area (Å²) in [4.78, 5) is 27.8. The van der Waals surface area contributed by atoms with Crippen LogP contribution in [0.25, 0.3) is 0 Å². The van der Waals surface area contributed by atoms with Crippen LogP contribution < -0.4 is 4.74 Å². The Hall–Kier alpha value is -2.54. The first-order valence-corrected chi connectivity index (χ1v) is 7.83. The molecule has 0 fully saturated rings. The van der Waals surface area contributed by atoms with Crippen LogP contribution in [0.15, 0.2) is 35.3 Å². The molecular formula is C16H16N2O4S. The predicted octanol–water partition coefficient (Wildman–Crippen LogP) is 3.53. The molecule has 120 valence electrons. The van der Waals surface area contributed by atoms with E-state index in [0.29, 0.717) is 21.9 Å². The highest BCUT2D eigenvalue weighted by atomic mass is 32.1. The van der Waals surface area contributed by atoms with Gasteiger partial charge in [-0.15, -0.1) is 11.3 Å². The van der Waals surface area contributed by atoms with Crippen molar-refractivity contribution in [1.82, 2.24) is 0 Å². The zero-order valence-corrected chi connectivity index (χ0v) is 13.6. The number of carbonyl (C=O) groups excluding carboxylic acids is 1. The molecule has 0 amide bonds. The van der Waals surface area contributed by atoms with E-state index in [-0.39, 0.29) is 12.3 Å². The average molecular weight is 332 g/mol. The van der Waals surface area contributed by atoms with Gasteiger partial charge in [0, 0.05) is 9.80 Å². The number of methoxy groups -OCH3 is 1. The monoisotopic (exact) mass is 332 g/mol. The van der Waals surface area contributed by atoms with E-state index in [1.165, 1.54) is 24.7 Å². The highest BCUT2D eigenvalue weighted by Gasteiger charge is 2.20. The maximum absolute atomic E-state index is 12.8. The Morgan fingerprint density at radius 3 is 2.78 bits per heavy atom. The Labute approximate surface area is 137 Å². The SMILES string of the molecule is CCc1cc(C(=O)c2ccccc2OC)c(N=CC[N+](=O)[O-])s1. The van der Waals surface area contributed by atoms with Gasteiger partial charge in [-0.3, -0.25) is 14.9 Å². The standard InChI is InChI=1S/C16H16N2O4S/c1-3-11-10-13(16(23-11)17-8-9-18(20)21)15(19)12-6-4-5-7-14(12)22-2/h4-8,10H,3,9H2,1-2H3. The molecule has 2 rings (SSSR count). The number of thiophene rings is 1. The minimum atomic E-state index is -0.473. The van der Waals surface area contributed by atoms with Crippen molar-refractivity contribution in [1.29, 1.82) is 0 Å². The summed E-state index contributed by atoms with van der Waals surface area (Å²) < 4.78 is 5.23. The van der Waals surface area contributed by atoms with Crippen LogP contribution in [0, 0.1) is 10.1 Å². The molecule has 0 radical (unpaired) electrons. The predicted molar refractivity (Wildman–Crippen MR) is 90.1 cm³/mol. The van der Waals surface area contributed by atoms with E-state index in [2.05, 4.69) is 4.99 Å². The first kappa shape index (κ1) is 16.8. The van der Waals surface area contributed by atoms with Gasteiger partial charge in [0.15, 0.2) is 5.78 Å². The molecule has 0 N–H and O–H groups in total. The maximum atomic E-state index is 12.8. The number of carbonyl (C=O) groups is 1. The zero-order chi connectivity index (χ0) is 16.8. The van der Waals surface area contributed by atoms with Gasteiger partial charge in [-0.1, -0.05) is 19.1 Å². The van der Waals surface area contributed by atoms with Crippen molar-refractivity contribution in [3.63, 3.8) is 0 Å². The summed E-state index contributed by atoms with van der Waals surface area (Å²) in [7, 11) is 1.51. The lowest BCUT2D eigenvalue weighted by Gasteiger charge is -2.06. The van der Waals surface area contributed by atoms with Crippen molar-refractivity contribution in [2.45, 2.75) is 13.3 Å². The number of ether oxygens (including phenoxy) is 1. The number of ketones is 1. The molecule has 7 heteroatoms. The quantitative estimate of drug-likeness (QED) is 0.336. The Balaban J connectivity index is 2.41. The highest BCUT2D eigenvalue weighted by Crippen LogP contribution is 2.34. The summed E-state index contributed by atoms with van der Waals surface area (Å²) in [5.74, 6) is 0.286. The fourth-order valence-corrected chi connectivity index (χ4v) is 2.99. The zero-order valence-electron chi connectivity index (χ0n) is 12.8. The summed E-state index contributed by atoms with van der Waals surface area (Å²) in [6.07, 6.45) is 1.98. The third-order valence-electron chi connectivity index (χ3n) is 3.15. The Morgan fingerprint density at radius 2 is 2.13 bits per heavy atom. The number of nitro groups is 1. The lowest BCUT2D eigenvalue weighted by atomic mass is 10.0. The fraction of sp³-hybridized carbons (Fsp3) is 0.250. The van der Waals surface area contributed by atoms with Crippen LogP contribution in [-0.2, 0) is 6.42 Å². The third-order valence-corrected chi connectivity index (χ3v) is 4.33. The lowest BCUT2D eigenvalue weighted by Crippen LogP contribution is -2.03. The molecule has 0 saturated heterocycles. The number of nitrogens with zero attached hydrogens (tertiary/aromatic N) is 2. The molecular weight excluding hydrogens is 316 g/mol. The second-order valence-corrected chi connectivity index (χ2v) is 5.76. The van der Waals surface area contributed by atoms with Gasteiger partial charge in [-0.05, 0) is 24.6 Å². The Bertz CT molecular complexity index is 752. The molecule has 0 aliphatic rings. The van der Waals surface area contributed by atoms with Crippen molar-refractivity contribution in [2.24, 2.45) is 4.99 Å². The third kappa shape index (κ3) is 4.01. The summed E-state index contributed by atoms with van der Waals surface area (Å²) >= 11 is 1.37. The van der Waals surface area contributed by atoms with Gasteiger partial charge in [0.1, 0.15) is 10.8 Å². The van der Waals surface area contributed by atoms with E-state index >= 15 is 0 Å². The Morgan fingerprint density at radius 1 is 1.39 bits per heavy atom. The van der Waals surface area contributed by atoms with E-state index in [0.717, 1.165) is 11.3 Å². The minimum absolute atomic E-state index is 0.202. The topological polar surface area (TPSA) is 81.8 Å². The maximum Gasteiger partial charge on any atom is 0.238 e. The molecule has 0 saturated carbocycles. The second-order valence-electron chi connectivity index (χ2n) is 4.64. The van der Waals surface area contributed by atoms with Gasteiger partial charge >= 0.3 is 0 Å². The molecule has 0 aliphatic heterocycles. The molecule has 1 aromatic heterocycles. The van der Waals surface area contributed by atoms with Crippen LogP contribution in [0.4, 0.5) is 5.00 Å². The summed E-state index contributed by atoms with van der Waals surface area (Å²) in [5, 5.41) is 10.9. The number of rotatable bonds is 7. The van der Waals surface area contributed by atoms with E-state index in [1.54, 1.807) is 30.3 Å². The molecule has 0 aliphatic carbocycles. The minimum Gasteiger partial charge on any atom is -0.496 e. The number of hydrogen-bond acceptors (Lipinski definition) is 6. The molecule has 0 unspecified atom stereocenters. The fourth-order valence-electron chi connectivity index (χ4n) is 2.03. The van der Waals surface area contributed by atoms with Crippen LogP contribution in [0.2, 0.25) is 0 Å². The smallest absolute Gasteiger partial charge is 0.238 e. The van der Waals surface area contributed by atoms with Gasteiger partial charge in [0.25, 0.3) is 0 Å². The van der Waals surface area contributed by atoms with Gasteiger partial charge < -0.3 is 4.74 Å². The number of benzene rings is 1. The van der Waals surface area contributed by atoms with Crippen LogP contribution >= 0.6 is 11.3 Å². The number of aryl methyl sites for hydroxylation is 1. The summed E-state index contributed by atoms with van der Waals surface area (Å²) in [6, 6.07) is 8.75. The van der Waals surface area contributed by atoms with Crippen LogP contribution in [0.3, 0.4) is 0 Å². The Kier molecular flexibility index (Phi) is 5.59. The van der Waals surface area contributed by atoms with Gasteiger partial charge in [0.2, 0.25) is 6.54 Å². The van der Waals surface area contributed by atoms with E-state index in [9.17, 15) is 14.9 Å². The number of para-hydroxylation sites is 1. The van der Waals surface area contributed by atoms with Crippen molar-refractivity contribution in [3.8, 4) is 5.75 Å². The largest absolute Gasteiger partial charge is 0.496 e. The van der Waals surface area contributed by atoms with Crippen LogP contribution in [0.1, 0.15) is 27.7 Å². The van der Waals surface area contributed by atoms with Crippen LogP contribution in [0.5, 0.6) is 5.75 Å². The van der Waals surface area contributed by atoms with Gasteiger partial charge in [0.05, 0.1) is 24.5 Å². The van der Waals surface area contributed by atoms with Gasteiger partial charge in [-0.2, -0.15) is 0 Å². The van der Waals surface area contributed by atoms with E-state index in [4.69, 9.17) is 4.74 Å². The summed E-state index contributed by atoms with van der Waals surface area (Å²) in [6.45, 7) is 1.61. The molecule has 0 spiro atoms. The van der Waals surface area contributed by atoms with Crippen molar-refractivity contribution >= 4 is 28.3 Å². The first-order valence-electron chi connectivity index (χ1n) is 7.01. The molecule has 1 heterocycles. The second kappa shape index (κ2) is 7.64. The normalized spacial score (nSPS) is 10.9. The summed E-state index contributed by atoms with van der Waals surface area (Å²) in [5.41, 5.74) is 0.886. The highest BCUT2D eigenvalue weighted by molar-refractivity contribution is 7.16. The van der Waals surface area contributed by atoms with Crippen molar-refractivity contribution in [2.75, 3.05) is 13.7 Å². The molecule has 1 aromatic carbocycles. The van der Waals surface area contributed by atoms with E-state index in [1.807, 2.05) is 6.92 Å². The molecule has 23 heavy (non-hydrogen) atoms. The molecule has 2 aromatic rings. The van der Waals surface area contributed by atoms with Crippen molar-refractivity contribution < 1.29 is 14.5 Å². The van der Waals surface area contributed by atoms with Gasteiger partial charge in [-0.25, -0.2) is 4.99 Å². The van der Waals surface area contributed by atoms with Crippen molar-refractivity contribution in [3.05, 3.63) is 56.5 Å². The average Bonchev–Trinajstić information content (AvgIpc) is 2.97. The first-order chi connectivity index (χ1) is 11.1. The molecule has 0 atom stereocenters. The lowest BCUT2D eigenvalue weighted by molar-refractivity contribution is -0.462. The number of aliphatic imine (C=N–C) groups is 1.